The summed E-state index contributed by atoms with van der Waals surface area (Å²) in [5.41, 5.74) is -2.65. The van der Waals surface area contributed by atoms with Crippen LogP contribution in [0, 0.1) is 24.0 Å². The third-order valence-corrected chi connectivity index (χ3v) is 12.1. The summed E-state index contributed by atoms with van der Waals surface area (Å²) >= 11 is 0. The van der Waals surface area contributed by atoms with Crippen molar-refractivity contribution in [2.45, 2.75) is 101 Å². The molecule has 0 saturated carbocycles. The van der Waals surface area contributed by atoms with Crippen LogP contribution in [0.2, 0.25) is 0 Å². The molecular weight excluding hydrogens is 762 g/mol. The second-order valence-corrected chi connectivity index (χ2v) is 16.9. The van der Waals surface area contributed by atoms with Gasteiger partial charge in [0, 0.05) is 34.9 Å². The summed E-state index contributed by atoms with van der Waals surface area (Å²) in [6, 6.07) is 3.97. The number of benzene rings is 2. The van der Waals surface area contributed by atoms with Crippen LogP contribution in [0.3, 0.4) is 0 Å². The lowest BCUT2D eigenvalue weighted by Gasteiger charge is -2.47. The number of nitrogens with one attached hydrogen (secondary N) is 1. The van der Waals surface area contributed by atoms with Crippen LogP contribution in [-0.4, -0.2) is 110 Å². The number of carboxylic acid groups (broad SMARTS) is 1. The highest BCUT2D eigenvalue weighted by Gasteiger charge is 2.57. The highest BCUT2D eigenvalue weighted by molar-refractivity contribution is 6.06. The van der Waals surface area contributed by atoms with Crippen molar-refractivity contribution in [3.63, 3.8) is 0 Å². The van der Waals surface area contributed by atoms with Crippen LogP contribution in [0.25, 0.3) is 32.9 Å². The molecule has 17 heteroatoms. The molecule has 0 radical (unpaired) electrons. The monoisotopic (exact) mass is 803 g/mol. The van der Waals surface area contributed by atoms with Crippen molar-refractivity contribution in [2.75, 3.05) is 36.5 Å². The first-order valence-corrected chi connectivity index (χ1v) is 19.3. The summed E-state index contributed by atoms with van der Waals surface area (Å²) in [4.78, 5) is 44.6. The van der Waals surface area contributed by atoms with Crippen molar-refractivity contribution in [2.24, 2.45) is 0 Å². The SMILES string of the molecule is C#Cc1cccc2c(F)c(NC(=O)OC(C)(C)C)cc(-c3nc4c5c(nc(OCC67CCCN6CC(F)(F)C7)nc5c3F)N3CC5CCC(C3C(C)O4)N5C(=O)O)c12. The van der Waals surface area contributed by atoms with E-state index in [1.165, 1.54) is 23.1 Å². The summed E-state index contributed by atoms with van der Waals surface area (Å²) in [6.45, 7) is 6.83. The lowest BCUT2D eigenvalue weighted by atomic mass is 9.94. The highest BCUT2D eigenvalue weighted by Crippen LogP contribution is 2.49. The molecule has 304 valence electrons. The molecule has 5 atom stereocenters. The van der Waals surface area contributed by atoms with Gasteiger partial charge in [-0.3, -0.25) is 15.1 Å². The van der Waals surface area contributed by atoms with Gasteiger partial charge in [0.25, 0.3) is 5.92 Å². The lowest BCUT2D eigenvalue weighted by molar-refractivity contribution is 0.00801. The van der Waals surface area contributed by atoms with Crippen molar-refractivity contribution < 1.29 is 46.5 Å². The van der Waals surface area contributed by atoms with Gasteiger partial charge in [-0.15, -0.1) is 6.42 Å². The minimum atomic E-state index is -2.91. The maximum absolute atomic E-state index is 17.6. The van der Waals surface area contributed by atoms with Gasteiger partial charge in [0.05, 0.1) is 35.9 Å². The smallest absolute Gasteiger partial charge is 0.412 e. The van der Waals surface area contributed by atoms with Crippen molar-refractivity contribution in [1.29, 1.82) is 0 Å². The van der Waals surface area contributed by atoms with E-state index in [2.05, 4.69) is 16.2 Å². The van der Waals surface area contributed by atoms with Crippen LogP contribution < -0.4 is 19.7 Å². The van der Waals surface area contributed by atoms with E-state index in [1.54, 1.807) is 38.7 Å². The zero-order chi connectivity index (χ0) is 41.1. The Morgan fingerprint density at radius 3 is 2.67 bits per heavy atom. The average molecular weight is 804 g/mol. The van der Waals surface area contributed by atoms with Gasteiger partial charge in [-0.05, 0) is 72.1 Å². The number of alkyl halides is 2. The van der Waals surface area contributed by atoms with E-state index in [1.807, 2.05) is 4.90 Å². The fraction of sp³-hybridized carbons (Fsp3) is 0.488. The van der Waals surface area contributed by atoms with Crippen LogP contribution in [0.1, 0.15) is 65.4 Å². The number of fused-ring (bicyclic) bond motifs is 7. The number of hydrogen-bond acceptors (Lipinski definition) is 10. The van der Waals surface area contributed by atoms with E-state index in [0.717, 1.165) is 0 Å². The summed E-state index contributed by atoms with van der Waals surface area (Å²) in [5.74, 6) is -2.09. The molecule has 7 heterocycles. The third-order valence-electron chi connectivity index (χ3n) is 12.1. The van der Waals surface area contributed by atoms with Crippen LogP contribution in [0.4, 0.5) is 38.7 Å². The molecule has 13 nitrogen and oxygen atoms in total. The number of aromatic nitrogens is 3. The molecule has 9 rings (SSSR count). The van der Waals surface area contributed by atoms with Gasteiger partial charge in [-0.1, -0.05) is 18.1 Å². The molecule has 2 amide bonds. The number of hydrogen-bond donors (Lipinski definition) is 2. The summed E-state index contributed by atoms with van der Waals surface area (Å²) in [5, 5.41) is 12.8. The number of ether oxygens (including phenoxy) is 3. The molecule has 4 aromatic rings. The minimum absolute atomic E-state index is 0.00251. The molecule has 5 unspecified atom stereocenters. The van der Waals surface area contributed by atoms with Crippen molar-refractivity contribution in [3.8, 4) is 35.5 Å². The van der Waals surface area contributed by atoms with Gasteiger partial charge in [-0.2, -0.15) is 9.97 Å². The van der Waals surface area contributed by atoms with Crippen LogP contribution in [0.15, 0.2) is 24.3 Å². The van der Waals surface area contributed by atoms with Gasteiger partial charge in [0.15, 0.2) is 11.6 Å². The topological polar surface area (TPSA) is 142 Å². The Morgan fingerprint density at radius 2 is 1.93 bits per heavy atom. The van der Waals surface area contributed by atoms with Crippen LogP contribution in [0.5, 0.6) is 11.9 Å². The van der Waals surface area contributed by atoms with E-state index in [-0.39, 0.29) is 75.0 Å². The number of carbonyl (C=O) groups is 2. The predicted octanol–water partition coefficient (Wildman–Crippen LogP) is 7.18. The molecule has 0 spiro atoms. The molecule has 0 aliphatic carbocycles. The lowest BCUT2D eigenvalue weighted by Crippen LogP contribution is -2.64. The second kappa shape index (κ2) is 13.2. The Morgan fingerprint density at radius 1 is 1.14 bits per heavy atom. The van der Waals surface area contributed by atoms with E-state index < -0.39 is 78.1 Å². The minimum Gasteiger partial charge on any atom is -0.472 e. The standard InChI is InChI=1S/C41H41F4N7O6/c1-6-21-9-7-10-23-27(21)24(15-25(29(23)42)46-37(53)58-39(3,4)5)31-30(43)32-28-34(49-36(48-32)56-19-40-13-8-14-50(40)18-41(44,45)17-40)51-16-22-11-12-26(52(22)38(54)55)33(51)20(2)57-35(28)47-31/h1,7,9-10,15,20,22,26,33H,8,11-14,16-19H2,2-5H3,(H,46,53)(H,54,55). The molecule has 4 saturated heterocycles. The first-order valence-electron chi connectivity index (χ1n) is 19.3. The quantitative estimate of drug-likeness (QED) is 0.157. The number of terminal acetylenes is 1. The zero-order valence-electron chi connectivity index (χ0n) is 32.2. The van der Waals surface area contributed by atoms with E-state index >= 15 is 8.78 Å². The van der Waals surface area contributed by atoms with Gasteiger partial charge in [-0.25, -0.2) is 32.1 Å². The second-order valence-electron chi connectivity index (χ2n) is 16.9. The van der Waals surface area contributed by atoms with E-state index in [0.29, 0.717) is 32.2 Å². The van der Waals surface area contributed by atoms with Gasteiger partial charge in [0.1, 0.15) is 40.7 Å². The number of halogens is 4. The molecule has 2 aromatic heterocycles. The van der Waals surface area contributed by atoms with E-state index in [9.17, 15) is 23.5 Å². The Labute approximate surface area is 330 Å². The average Bonchev–Trinajstić information content (AvgIpc) is 3.74. The first-order chi connectivity index (χ1) is 27.5. The number of pyridine rings is 1. The molecule has 2 aromatic carbocycles. The molecule has 5 aliphatic heterocycles. The fourth-order valence-corrected chi connectivity index (χ4v) is 9.89. The number of carbonyl (C=O) groups excluding carboxylic acids is 1. The zero-order valence-corrected chi connectivity index (χ0v) is 32.2. The molecule has 2 N–H and O–H groups in total. The fourth-order valence-electron chi connectivity index (χ4n) is 9.89. The third kappa shape index (κ3) is 6.06. The normalized spacial score (nSPS) is 25.8. The molecular formula is C41H41F4N7O6. The van der Waals surface area contributed by atoms with E-state index in [4.69, 9.17) is 30.6 Å². The van der Waals surface area contributed by atoms with Crippen molar-refractivity contribution >= 4 is 45.4 Å². The maximum atomic E-state index is 17.6. The molecule has 5 aliphatic rings. The van der Waals surface area contributed by atoms with Gasteiger partial charge in [0.2, 0.25) is 5.88 Å². The number of rotatable bonds is 5. The Kier molecular flexibility index (Phi) is 8.63. The summed E-state index contributed by atoms with van der Waals surface area (Å²) in [6.07, 6.45) is 5.06. The molecule has 58 heavy (non-hydrogen) atoms. The Hall–Kier alpha value is -5.63. The maximum Gasteiger partial charge on any atom is 0.412 e. The predicted molar refractivity (Wildman–Crippen MR) is 204 cm³/mol. The van der Waals surface area contributed by atoms with Gasteiger partial charge >= 0.3 is 18.2 Å². The van der Waals surface area contributed by atoms with Crippen LogP contribution >= 0.6 is 0 Å². The summed E-state index contributed by atoms with van der Waals surface area (Å²) < 4.78 is 81.6. The first kappa shape index (κ1) is 37.9. The van der Waals surface area contributed by atoms with Crippen LogP contribution in [-0.2, 0) is 4.74 Å². The Balaban J connectivity index is 1.25. The highest BCUT2D eigenvalue weighted by atomic mass is 19.3. The number of amides is 2. The Bertz CT molecular complexity index is 2460. The molecule has 4 fully saturated rings. The number of piperazine rings is 1. The largest absolute Gasteiger partial charge is 0.472 e. The number of anilines is 2. The summed E-state index contributed by atoms with van der Waals surface area (Å²) in [7, 11) is 0. The van der Waals surface area contributed by atoms with Crippen molar-refractivity contribution in [3.05, 3.63) is 41.5 Å². The number of nitrogens with zero attached hydrogens (tertiary/aromatic N) is 6. The van der Waals surface area contributed by atoms with Gasteiger partial charge < -0.3 is 24.2 Å². The molecule has 2 bridgehead atoms. The van der Waals surface area contributed by atoms with Crippen molar-refractivity contribution in [1.82, 2.24) is 24.8 Å².